The molecule has 0 saturated heterocycles. The SMILES string of the molecule is O=C(CSc1nc(C2CC2)nc2c1c(=O)[nH]c(=O)n2C1CC1)c1ccc(F)cc1. The van der Waals surface area contributed by atoms with Gasteiger partial charge in [-0.25, -0.2) is 19.2 Å². The maximum atomic E-state index is 13.1. The number of hydrogen-bond donors (Lipinski definition) is 1. The molecule has 0 spiro atoms. The lowest BCUT2D eigenvalue weighted by Gasteiger charge is -2.11. The number of carbonyl (C=O) groups is 1. The van der Waals surface area contributed by atoms with Crippen LogP contribution in [-0.2, 0) is 0 Å². The van der Waals surface area contributed by atoms with Gasteiger partial charge < -0.3 is 0 Å². The predicted molar refractivity (Wildman–Crippen MR) is 106 cm³/mol. The molecule has 148 valence electrons. The number of hydrogen-bond acceptors (Lipinski definition) is 6. The van der Waals surface area contributed by atoms with Crippen LogP contribution in [0.2, 0.25) is 0 Å². The molecule has 9 heteroatoms. The molecular weight excluding hydrogens is 395 g/mol. The van der Waals surface area contributed by atoms with Crippen LogP contribution < -0.4 is 11.2 Å². The number of halogens is 1. The zero-order valence-electron chi connectivity index (χ0n) is 15.4. The summed E-state index contributed by atoms with van der Waals surface area (Å²) < 4.78 is 14.6. The van der Waals surface area contributed by atoms with Crippen molar-refractivity contribution in [3.05, 3.63) is 62.3 Å². The first-order valence-electron chi connectivity index (χ1n) is 9.49. The number of nitrogens with zero attached hydrogens (tertiary/aromatic N) is 3. The van der Waals surface area contributed by atoms with E-state index in [1.54, 1.807) is 4.57 Å². The molecule has 2 heterocycles. The third kappa shape index (κ3) is 3.50. The summed E-state index contributed by atoms with van der Waals surface area (Å²) in [6.45, 7) is 0. The fourth-order valence-corrected chi connectivity index (χ4v) is 4.21. The normalized spacial score (nSPS) is 16.3. The summed E-state index contributed by atoms with van der Waals surface area (Å²) in [6, 6.07) is 5.39. The second-order valence-electron chi connectivity index (χ2n) is 7.44. The Bertz CT molecular complexity index is 1240. The van der Waals surface area contributed by atoms with Gasteiger partial charge in [0.15, 0.2) is 11.4 Å². The number of nitrogens with one attached hydrogen (secondary N) is 1. The lowest BCUT2D eigenvalue weighted by atomic mass is 10.1. The summed E-state index contributed by atoms with van der Waals surface area (Å²) in [6.07, 6.45) is 3.69. The van der Waals surface area contributed by atoms with Crippen molar-refractivity contribution >= 4 is 28.6 Å². The number of fused-ring (bicyclic) bond motifs is 1. The first-order chi connectivity index (χ1) is 14.0. The van der Waals surface area contributed by atoms with E-state index in [1.165, 1.54) is 24.3 Å². The van der Waals surface area contributed by atoms with Crippen molar-refractivity contribution in [3.63, 3.8) is 0 Å². The molecule has 2 aliphatic carbocycles. The van der Waals surface area contributed by atoms with Gasteiger partial charge in [0.1, 0.15) is 22.1 Å². The third-order valence-electron chi connectivity index (χ3n) is 5.13. The lowest BCUT2D eigenvalue weighted by molar-refractivity contribution is 0.102. The zero-order valence-corrected chi connectivity index (χ0v) is 16.2. The van der Waals surface area contributed by atoms with Crippen LogP contribution in [-0.4, -0.2) is 31.1 Å². The number of benzene rings is 1. The van der Waals surface area contributed by atoms with Gasteiger partial charge in [-0.15, -0.1) is 0 Å². The Morgan fingerprint density at radius 1 is 1.14 bits per heavy atom. The summed E-state index contributed by atoms with van der Waals surface area (Å²) in [5.41, 5.74) is -0.247. The quantitative estimate of drug-likeness (QED) is 0.380. The molecule has 3 aromatic rings. The van der Waals surface area contributed by atoms with Gasteiger partial charge in [0.05, 0.1) is 5.75 Å². The number of carbonyl (C=O) groups excluding carboxylic acids is 1. The molecule has 0 unspecified atom stereocenters. The predicted octanol–water partition coefficient (Wildman–Crippen LogP) is 2.81. The summed E-state index contributed by atoms with van der Waals surface area (Å²) in [7, 11) is 0. The molecule has 0 radical (unpaired) electrons. The number of aromatic nitrogens is 4. The molecule has 1 N–H and O–H groups in total. The molecule has 2 aromatic heterocycles. The molecule has 2 saturated carbocycles. The number of Topliss-reactive ketones (excluding diaryl/α,β-unsaturated/α-hetero) is 1. The Hall–Kier alpha value is -2.81. The molecule has 0 amide bonds. The fourth-order valence-electron chi connectivity index (χ4n) is 3.29. The van der Waals surface area contributed by atoms with Crippen molar-refractivity contribution in [2.45, 2.75) is 42.7 Å². The highest BCUT2D eigenvalue weighted by molar-refractivity contribution is 8.00. The van der Waals surface area contributed by atoms with E-state index < -0.39 is 17.1 Å². The summed E-state index contributed by atoms with van der Waals surface area (Å²) in [4.78, 5) is 48.9. The molecule has 29 heavy (non-hydrogen) atoms. The van der Waals surface area contributed by atoms with Crippen molar-refractivity contribution in [2.24, 2.45) is 0 Å². The Morgan fingerprint density at radius 3 is 2.52 bits per heavy atom. The van der Waals surface area contributed by atoms with E-state index >= 15 is 0 Å². The van der Waals surface area contributed by atoms with Crippen LogP contribution in [0.15, 0.2) is 38.9 Å². The second kappa shape index (κ2) is 6.91. The largest absolute Gasteiger partial charge is 0.330 e. The highest BCUT2D eigenvalue weighted by Crippen LogP contribution is 2.40. The molecule has 1 aromatic carbocycles. The van der Waals surface area contributed by atoms with E-state index in [-0.39, 0.29) is 28.9 Å². The number of aromatic amines is 1. The van der Waals surface area contributed by atoms with Gasteiger partial charge in [-0.1, -0.05) is 11.8 Å². The molecular formula is C20H17FN4O3S. The third-order valence-corrected chi connectivity index (χ3v) is 6.10. The van der Waals surface area contributed by atoms with Crippen LogP contribution in [0.1, 0.15) is 53.8 Å². The maximum absolute atomic E-state index is 13.1. The van der Waals surface area contributed by atoms with Gasteiger partial charge in [0.25, 0.3) is 5.56 Å². The number of rotatable bonds is 6. The molecule has 2 aliphatic rings. The van der Waals surface area contributed by atoms with Crippen LogP contribution >= 0.6 is 11.8 Å². The molecule has 7 nitrogen and oxygen atoms in total. The van der Waals surface area contributed by atoms with Gasteiger partial charge in [0, 0.05) is 17.5 Å². The molecule has 0 atom stereocenters. The number of H-pyrrole nitrogens is 1. The van der Waals surface area contributed by atoms with E-state index in [4.69, 9.17) is 0 Å². The Balaban J connectivity index is 1.56. The van der Waals surface area contributed by atoms with Gasteiger partial charge in [-0.3, -0.25) is 19.1 Å². The molecule has 2 fully saturated rings. The van der Waals surface area contributed by atoms with Crippen molar-refractivity contribution in [1.82, 2.24) is 19.5 Å². The second-order valence-corrected chi connectivity index (χ2v) is 8.40. The van der Waals surface area contributed by atoms with Crippen LogP contribution in [0.4, 0.5) is 4.39 Å². The molecule has 0 bridgehead atoms. The first kappa shape index (κ1) is 18.2. The molecule has 5 rings (SSSR count). The van der Waals surface area contributed by atoms with Gasteiger partial charge >= 0.3 is 5.69 Å². The molecule has 0 aliphatic heterocycles. The van der Waals surface area contributed by atoms with E-state index in [2.05, 4.69) is 15.0 Å². The number of thioether (sulfide) groups is 1. The highest BCUT2D eigenvalue weighted by Gasteiger charge is 2.32. The van der Waals surface area contributed by atoms with Crippen LogP contribution in [0.3, 0.4) is 0 Å². The monoisotopic (exact) mass is 412 g/mol. The van der Waals surface area contributed by atoms with E-state index in [9.17, 15) is 18.8 Å². The highest BCUT2D eigenvalue weighted by atomic mass is 32.2. The van der Waals surface area contributed by atoms with Gasteiger partial charge in [-0.05, 0) is 49.9 Å². The van der Waals surface area contributed by atoms with E-state index in [0.29, 0.717) is 22.1 Å². The van der Waals surface area contributed by atoms with Crippen LogP contribution in [0.25, 0.3) is 11.0 Å². The van der Waals surface area contributed by atoms with Crippen LogP contribution in [0, 0.1) is 5.82 Å². The minimum atomic E-state index is -0.541. The Morgan fingerprint density at radius 2 is 1.86 bits per heavy atom. The summed E-state index contributed by atoms with van der Waals surface area (Å²) in [5.74, 6) is 0.294. The fraction of sp³-hybridized carbons (Fsp3) is 0.350. The van der Waals surface area contributed by atoms with Crippen LogP contribution in [0.5, 0.6) is 0 Å². The minimum absolute atomic E-state index is 0.0440. The first-order valence-corrected chi connectivity index (χ1v) is 10.5. The van der Waals surface area contributed by atoms with E-state index in [1.807, 2.05) is 0 Å². The Kier molecular flexibility index (Phi) is 4.34. The van der Waals surface area contributed by atoms with Crippen molar-refractivity contribution in [1.29, 1.82) is 0 Å². The van der Waals surface area contributed by atoms with Crippen molar-refractivity contribution < 1.29 is 9.18 Å². The maximum Gasteiger partial charge on any atom is 0.330 e. The average Bonchev–Trinajstić information content (AvgIpc) is 3.59. The Labute approximate surface area is 168 Å². The number of ketones is 1. The average molecular weight is 412 g/mol. The summed E-state index contributed by atoms with van der Waals surface area (Å²) in [5, 5.41) is 0.654. The smallest absolute Gasteiger partial charge is 0.293 e. The lowest BCUT2D eigenvalue weighted by Crippen LogP contribution is -2.31. The topological polar surface area (TPSA) is 97.7 Å². The zero-order chi connectivity index (χ0) is 20.1. The standard InChI is InChI=1S/C20H17FN4O3S/c21-12-5-3-10(4-6-12)14(26)9-29-19-15-17(22-16(23-19)11-1-2-11)25(13-7-8-13)20(28)24-18(15)27/h3-6,11,13H,1-2,7-9H2,(H,24,27,28). The minimum Gasteiger partial charge on any atom is -0.293 e. The van der Waals surface area contributed by atoms with Crippen molar-refractivity contribution in [2.75, 3.05) is 5.75 Å². The summed E-state index contributed by atoms with van der Waals surface area (Å²) >= 11 is 1.15. The van der Waals surface area contributed by atoms with Crippen molar-refractivity contribution in [3.8, 4) is 0 Å². The van der Waals surface area contributed by atoms with Gasteiger partial charge in [0.2, 0.25) is 0 Å². The van der Waals surface area contributed by atoms with E-state index in [0.717, 1.165) is 37.4 Å². The van der Waals surface area contributed by atoms with Gasteiger partial charge in [-0.2, -0.15) is 0 Å².